The standard InChI is InChI=1S/C22H25F2N5O/c1-4-18-13-28(7-8-30-18)21-12-17(10-16-5-6-19(23)20(24)11-16)25-22(26-21)29-15(3)9-14(2)27-29/h5-6,9,11-12,18H,4,7-8,10,13H2,1-3H3. The van der Waals surface area contributed by atoms with Gasteiger partial charge in [-0.15, -0.1) is 0 Å². The zero-order valence-electron chi connectivity index (χ0n) is 17.4. The fraction of sp³-hybridized carbons (Fsp3) is 0.409. The van der Waals surface area contributed by atoms with E-state index >= 15 is 0 Å². The summed E-state index contributed by atoms with van der Waals surface area (Å²) in [6, 6.07) is 7.80. The second kappa shape index (κ2) is 8.47. The van der Waals surface area contributed by atoms with Crippen LogP contribution in [0.25, 0.3) is 5.95 Å². The molecule has 3 aromatic rings. The normalized spacial score (nSPS) is 16.8. The second-order valence-corrected chi connectivity index (χ2v) is 7.63. The van der Waals surface area contributed by atoms with E-state index in [1.807, 2.05) is 26.0 Å². The van der Waals surface area contributed by atoms with Gasteiger partial charge in [-0.25, -0.2) is 18.4 Å². The Hall–Kier alpha value is -2.87. The van der Waals surface area contributed by atoms with E-state index in [1.165, 1.54) is 6.07 Å². The van der Waals surface area contributed by atoms with Crippen molar-refractivity contribution in [2.75, 3.05) is 24.6 Å². The highest BCUT2D eigenvalue weighted by molar-refractivity contribution is 5.44. The molecule has 1 atom stereocenters. The van der Waals surface area contributed by atoms with Gasteiger partial charge < -0.3 is 9.64 Å². The first kappa shape index (κ1) is 20.4. The number of hydrogen-bond acceptors (Lipinski definition) is 5. The summed E-state index contributed by atoms with van der Waals surface area (Å²) in [7, 11) is 0. The Balaban J connectivity index is 1.73. The molecule has 1 saturated heterocycles. The first-order chi connectivity index (χ1) is 14.4. The molecule has 0 saturated carbocycles. The molecule has 158 valence electrons. The maximum Gasteiger partial charge on any atom is 0.252 e. The topological polar surface area (TPSA) is 56.1 Å². The maximum absolute atomic E-state index is 13.7. The van der Waals surface area contributed by atoms with Gasteiger partial charge >= 0.3 is 0 Å². The molecule has 0 radical (unpaired) electrons. The van der Waals surface area contributed by atoms with Crippen molar-refractivity contribution in [3.63, 3.8) is 0 Å². The SMILES string of the molecule is CCC1CN(c2cc(Cc3ccc(F)c(F)c3)nc(-n3nc(C)cc3C)n2)CCO1. The van der Waals surface area contributed by atoms with Crippen LogP contribution in [0.15, 0.2) is 30.3 Å². The summed E-state index contributed by atoms with van der Waals surface area (Å²) in [6.07, 6.45) is 1.44. The Kier molecular flexibility index (Phi) is 5.76. The minimum atomic E-state index is -0.862. The third-order valence-corrected chi connectivity index (χ3v) is 5.24. The summed E-state index contributed by atoms with van der Waals surface area (Å²) in [4.78, 5) is 11.6. The van der Waals surface area contributed by atoms with Crippen molar-refractivity contribution < 1.29 is 13.5 Å². The average molecular weight is 413 g/mol. The largest absolute Gasteiger partial charge is 0.375 e. The van der Waals surface area contributed by atoms with Crippen molar-refractivity contribution in [1.82, 2.24) is 19.7 Å². The lowest BCUT2D eigenvalue weighted by molar-refractivity contribution is 0.0381. The van der Waals surface area contributed by atoms with E-state index in [1.54, 1.807) is 10.7 Å². The number of hydrogen-bond donors (Lipinski definition) is 0. The molecule has 1 unspecified atom stereocenters. The molecule has 0 bridgehead atoms. The molecule has 1 aliphatic heterocycles. The van der Waals surface area contributed by atoms with Gasteiger partial charge in [0.1, 0.15) is 5.82 Å². The van der Waals surface area contributed by atoms with E-state index in [4.69, 9.17) is 9.72 Å². The van der Waals surface area contributed by atoms with E-state index in [0.29, 0.717) is 30.2 Å². The number of aromatic nitrogens is 4. The molecule has 8 heteroatoms. The predicted octanol–water partition coefficient (Wildman–Crippen LogP) is 3.76. The van der Waals surface area contributed by atoms with Crippen molar-refractivity contribution in [3.05, 3.63) is 64.6 Å². The molecule has 3 heterocycles. The van der Waals surface area contributed by atoms with E-state index in [2.05, 4.69) is 21.9 Å². The highest BCUT2D eigenvalue weighted by Crippen LogP contribution is 2.22. The number of aryl methyl sites for hydroxylation is 2. The van der Waals surface area contributed by atoms with Crippen LogP contribution in [-0.2, 0) is 11.2 Å². The van der Waals surface area contributed by atoms with Crippen LogP contribution >= 0.6 is 0 Å². The number of morpholine rings is 1. The number of halogens is 2. The quantitative estimate of drug-likeness (QED) is 0.638. The van der Waals surface area contributed by atoms with Crippen LogP contribution in [0, 0.1) is 25.5 Å². The lowest BCUT2D eigenvalue weighted by atomic mass is 10.1. The predicted molar refractivity (Wildman–Crippen MR) is 110 cm³/mol. The van der Waals surface area contributed by atoms with Gasteiger partial charge in [-0.3, -0.25) is 0 Å². The molecule has 0 N–H and O–H groups in total. The number of rotatable bonds is 5. The Morgan fingerprint density at radius 3 is 2.63 bits per heavy atom. The van der Waals surface area contributed by atoms with E-state index in [9.17, 15) is 8.78 Å². The lowest BCUT2D eigenvalue weighted by Gasteiger charge is -2.33. The number of nitrogens with zero attached hydrogens (tertiary/aromatic N) is 5. The summed E-state index contributed by atoms with van der Waals surface area (Å²) in [5.74, 6) is -0.467. The molecule has 0 amide bonds. The Morgan fingerprint density at radius 2 is 1.93 bits per heavy atom. The molecule has 30 heavy (non-hydrogen) atoms. The molecule has 1 aliphatic rings. The molecular weight excluding hydrogens is 388 g/mol. The van der Waals surface area contributed by atoms with Crippen LogP contribution in [0.3, 0.4) is 0 Å². The summed E-state index contributed by atoms with van der Waals surface area (Å²) >= 11 is 0. The minimum Gasteiger partial charge on any atom is -0.375 e. The first-order valence-corrected chi connectivity index (χ1v) is 10.1. The monoisotopic (exact) mass is 413 g/mol. The zero-order valence-corrected chi connectivity index (χ0v) is 17.4. The third kappa shape index (κ3) is 4.33. The highest BCUT2D eigenvalue weighted by atomic mass is 19.2. The smallest absolute Gasteiger partial charge is 0.252 e. The van der Waals surface area contributed by atoms with Gasteiger partial charge in [-0.2, -0.15) is 10.1 Å². The van der Waals surface area contributed by atoms with Crippen molar-refractivity contribution in [2.24, 2.45) is 0 Å². The summed E-state index contributed by atoms with van der Waals surface area (Å²) in [6.45, 7) is 8.08. The van der Waals surface area contributed by atoms with Crippen molar-refractivity contribution in [2.45, 2.75) is 39.7 Å². The molecule has 6 nitrogen and oxygen atoms in total. The first-order valence-electron chi connectivity index (χ1n) is 10.1. The van der Waals surface area contributed by atoms with Crippen molar-refractivity contribution >= 4 is 5.82 Å². The van der Waals surface area contributed by atoms with E-state index in [-0.39, 0.29) is 6.10 Å². The van der Waals surface area contributed by atoms with Gasteiger partial charge in [-0.1, -0.05) is 13.0 Å². The van der Waals surface area contributed by atoms with Crippen LogP contribution in [0.2, 0.25) is 0 Å². The van der Waals surface area contributed by atoms with Gasteiger partial charge in [0.2, 0.25) is 0 Å². The van der Waals surface area contributed by atoms with Crippen LogP contribution in [0.5, 0.6) is 0 Å². The Labute approximate surface area is 174 Å². The van der Waals surface area contributed by atoms with E-state index in [0.717, 1.165) is 42.8 Å². The van der Waals surface area contributed by atoms with Gasteiger partial charge in [0, 0.05) is 31.3 Å². The third-order valence-electron chi connectivity index (χ3n) is 5.24. The zero-order chi connectivity index (χ0) is 21.3. The number of anilines is 1. The summed E-state index contributed by atoms with van der Waals surface area (Å²) in [5, 5.41) is 4.51. The second-order valence-electron chi connectivity index (χ2n) is 7.63. The van der Waals surface area contributed by atoms with Crippen LogP contribution < -0.4 is 4.90 Å². The molecule has 1 fully saturated rings. The molecular formula is C22H25F2N5O. The van der Waals surface area contributed by atoms with Crippen LogP contribution in [-0.4, -0.2) is 45.5 Å². The molecule has 0 aliphatic carbocycles. The van der Waals surface area contributed by atoms with Crippen LogP contribution in [0.1, 0.15) is 36.0 Å². The molecule has 4 rings (SSSR count). The van der Waals surface area contributed by atoms with Gasteiger partial charge in [0.05, 0.1) is 24.1 Å². The van der Waals surface area contributed by atoms with Crippen molar-refractivity contribution in [3.8, 4) is 5.95 Å². The Morgan fingerprint density at radius 1 is 1.10 bits per heavy atom. The summed E-state index contributed by atoms with van der Waals surface area (Å²) in [5.41, 5.74) is 3.16. The molecule has 0 spiro atoms. The van der Waals surface area contributed by atoms with Crippen molar-refractivity contribution in [1.29, 1.82) is 0 Å². The van der Waals surface area contributed by atoms with Gasteiger partial charge in [-0.05, 0) is 44.0 Å². The molecule has 2 aromatic heterocycles. The number of ether oxygens (including phenoxy) is 1. The average Bonchev–Trinajstić information content (AvgIpc) is 3.08. The summed E-state index contributed by atoms with van der Waals surface area (Å²) < 4.78 is 34.5. The maximum atomic E-state index is 13.7. The van der Waals surface area contributed by atoms with Gasteiger partial charge in [0.15, 0.2) is 11.6 Å². The minimum absolute atomic E-state index is 0.153. The molecule has 1 aromatic carbocycles. The number of benzene rings is 1. The van der Waals surface area contributed by atoms with Gasteiger partial charge in [0.25, 0.3) is 5.95 Å². The van der Waals surface area contributed by atoms with E-state index < -0.39 is 11.6 Å². The van der Waals surface area contributed by atoms with Crippen LogP contribution in [0.4, 0.5) is 14.6 Å². The fourth-order valence-electron chi connectivity index (χ4n) is 3.68. The lowest BCUT2D eigenvalue weighted by Crippen LogP contribution is -2.42. The Bertz CT molecular complexity index is 1050. The highest BCUT2D eigenvalue weighted by Gasteiger charge is 2.22. The fourth-order valence-corrected chi connectivity index (χ4v) is 3.68.